The lowest BCUT2D eigenvalue weighted by Crippen LogP contribution is -2.17. The smallest absolute Gasteiger partial charge is 0.358 e. The Kier molecular flexibility index (Phi) is 3.32. The number of aromatic nitrogens is 2. The van der Waals surface area contributed by atoms with Crippen LogP contribution in [0.25, 0.3) is 16.6 Å². The Hall–Kier alpha value is -2.30. The van der Waals surface area contributed by atoms with E-state index in [9.17, 15) is 4.79 Å². The number of benzene rings is 1. The largest absolute Gasteiger partial charge is 0.461 e. The van der Waals surface area contributed by atoms with Crippen LogP contribution in [0.15, 0.2) is 36.2 Å². The summed E-state index contributed by atoms with van der Waals surface area (Å²) in [7, 11) is 0. The molecule has 0 aliphatic carbocycles. The molecule has 0 bridgehead atoms. The quantitative estimate of drug-likeness (QED) is 0.660. The highest BCUT2D eigenvalue weighted by atomic mass is 16.5. The van der Waals surface area contributed by atoms with Gasteiger partial charge in [-0.1, -0.05) is 18.2 Å². The average Bonchev–Trinajstić information content (AvgIpc) is 2.74. The number of fused-ring (bicyclic) bond motifs is 1. The van der Waals surface area contributed by atoms with Crippen molar-refractivity contribution in [2.24, 2.45) is 5.73 Å². The Morgan fingerprint density at radius 2 is 2.17 bits per heavy atom. The van der Waals surface area contributed by atoms with E-state index in [0.29, 0.717) is 12.3 Å². The number of para-hydroxylation sites is 1. The molecule has 5 nitrogen and oxygen atoms in total. The Morgan fingerprint density at radius 1 is 1.44 bits per heavy atom. The van der Waals surface area contributed by atoms with E-state index in [0.717, 1.165) is 10.9 Å². The highest BCUT2D eigenvalue weighted by Crippen LogP contribution is 2.19. The van der Waals surface area contributed by atoms with Gasteiger partial charge in [-0.25, -0.2) is 9.48 Å². The molecule has 0 aliphatic heterocycles. The summed E-state index contributed by atoms with van der Waals surface area (Å²) in [5, 5.41) is 5.14. The van der Waals surface area contributed by atoms with E-state index in [-0.39, 0.29) is 5.70 Å². The van der Waals surface area contributed by atoms with Crippen LogP contribution in [-0.2, 0) is 9.53 Å². The predicted octanol–water partition coefficient (Wildman–Crippen LogP) is 1.75. The molecule has 18 heavy (non-hydrogen) atoms. The van der Waals surface area contributed by atoms with E-state index in [1.165, 1.54) is 4.68 Å². The molecule has 0 unspecified atom stereocenters. The number of nitrogens with two attached hydrogens (primary N) is 1. The molecule has 5 heteroatoms. The predicted molar refractivity (Wildman–Crippen MR) is 69.4 cm³/mol. The number of nitrogens with zero attached hydrogens (tertiary/aromatic N) is 2. The van der Waals surface area contributed by atoms with E-state index >= 15 is 0 Å². The topological polar surface area (TPSA) is 70.1 Å². The zero-order valence-electron chi connectivity index (χ0n) is 10.4. The molecule has 0 saturated carbocycles. The first-order valence-electron chi connectivity index (χ1n) is 5.71. The van der Waals surface area contributed by atoms with E-state index in [1.54, 1.807) is 20.0 Å². The van der Waals surface area contributed by atoms with Gasteiger partial charge in [-0.15, -0.1) is 0 Å². The zero-order chi connectivity index (χ0) is 13.1. The summed E-state index contributed by atoms with van der Waals surface area (Å²) in [5.74, 6) is -0.466. The number of hydrogen-bond donors (Lipinski definition) is 1. The van der Waals surface area contributed by atoms with Crippen LogP contribution in [0.3, 0.4) is 0 Å². The van der Waals surface area contributed by atoms with Gasteiger partial charge in [0.15, 0.2) is 5.70 Å². The number of ether oxygens (including phenoxy) is 1. The van der Waals surface area contributed by atoms with Crippen molar-refractivity contribution in [3.8, 4) is 0 Å². The second-order valence-electron chi connectivity index (χ2n) is 3.87. The average molecular weight is 245 g/mol. The van der Waals surface area contributed by atoms with Gasteiger partial charge >= 0.3 is 5.97 Å². The van der Waals surface area contributed by atoms with Gasteiger partial charge < -0.3 is 10.5 Å². The number of carbonyl (C=O) groups is 1. The van der Waals surface area contributed by atoms with Crippen molar-refractivity contribution < 1.29 is 9.53 Å². The fourth-order valence-corrected chi connectivity index (χ4v) is 1.76. The van der Waals surface area contributed by atoms with E-state index in [4.69, 9.17) is 10.5 Å². The van der Waals surface area contributed by atoms with Crippen LogP contribution in [0, 0.1) is 0 Å². The first kappa shape index (κ1) is 12.2. The Morgan fingerprint density at radius 3 is 2.83 bits per heavy atom. The summed E-state index contributed by atoms with van der Waals surface area (Å²) in [4.78, 5) is 11.9. The summed E-state index contributed by atoms with van der Waals surface area (Å²) < 4.78 is 6.52. The highest BCUT2D eigenvalue weighted by Gasteiger charge is 2.18. The lowest BCUT2D eigenvalue weighted by Gasteiger charge is -2.09. The molecule has 1 aromatic carbocycles. The molecule has 2 N–H and O–H groups in total. The van der Waals surface area contributed by atoms with Gasteiger partial charge in [0.05, 0.1) is 18.3 Å². The number of rotatable bonds is 3. The van der Waals surface area contributed by atoms with Crippen LogP contribution in [0.4, 0.5) is 0 Å². The summed E-state index contributed by atoms with van der Waals surface area (Å²) in [5.41, 5.74) is 7.23. The molecule has 0 saturated heterocycles. The molecule has 0 radical (unpaired) electrons. The van der Waals surface area contributed by atoms with Crippen molar-refractivity contribution in [2.45, 2.75) is 13.8 Å². The third-order valence-corrected chi connectivity index (χ3v) is 2.53. The molecule has 0 aliphatic rings. The van der Waals surface area contributed by atoms with Gasteiger partial charge in [-0.3, -0.25) is 0 Å². The normalized spacial score (nSPS) is 12.3. The minimum Gasteiger partial charge on any atom is -0.461 e. The van der Waals surface area contributed by atoms with E-state index < -0.39 is 5.97 Å². The van der Waals surface area contributed by atoms with E-state index in [2.05, 4.69) is 5.10 Å². The van der Waals surface area contributed by atoms with Crippen LogP contribution in [0.5, 0.6) is 0 Å². The molecular weight excluding hydrogens is 230 g/mol. The van der Waals surface area contributed by atoms with Crippen LogP contribution < -0.4 is 5.73 Å². The monoisotopic (exact) mass is 245 g/mol. The molecule has 1 heterocycles. The third-order valence-electron chi connectivity index (χ3n) is 2.53. The molecule has 2 aromatic rings. The molecule has 0 spiro atoms. The maximum Gasteiger partial charge on any atom is 0.358 e. The second-order valence-corrected chi connectivity index (χ2v) is 3.87. The van der Waals surface area contributed by atoms with Gasteiger partial charge in [0.2, 0.25) is 0 Å². The van der Waals surface area contributed by atoms with Crippen molar-refractivity contribution in [3.63, 3.8) is 0 Å². The van der Waals surface area contributed by atoms with Gasteiger partial charge in [-0.2, -0.15) is 5.10 Å². The summed E-state index contributed by atoms with van der Waals surface area (Å²) in [6.45, 7) is 3.71. The Balaban J connectivity index is 2.57. The van der Waals surface area contributed by atoms with Crippen molar-refractivity contribution in [1.82, 2.24) is 9.78 Å². The molecular formula is C13H15N3O2. The molecule has 0 atom stereocenters. The summed E-state index contributed by atoms with van der Waals surface area (Å²) in [6, 6.07) is 7.60. The zero-order valence-corrected chi connectivity index (χ0v) is 10.4. The number of allylic oxidation sites excluding steroid dienone is 1. The highest BCUT2D eigenvalue weighted by molar-refractivity contribution is 6.12. The van der Waals surface area contributed by atoms with Gasteiger partial charge in [0.25, 0.3) is 0 Å². The summed E-state index contributed by atoms with van der Waals surface area (Å²) in [6.07, 6.45) is 1.69. The van der Waals surface area contributed by atoms with Crippen LogP contribution >= 0.6 is 0 Å². The fourth-order valence-electron chi connectivity index (χ4n) is 1.76. The van der Waals surface area contributed by atoms with Gasteiger partial charge in [-0.05, 0) is 19.9 Å². The molecule has 2 rings (SSSR count). The lowest BCUT2D eigenvalue weighted by molar-refractivity contribution is -0.136. The molecule has 1 aromatic heterocycles. The number of esters is 1. The van der Waals surface area contributed by atoms with Crippen molar-refractivity contribution in [2.75, 3.05) is 6.61 Å². The SMILES string of the molecule is CCOC(=O)/C(=C(/C)N)n1ncc2ccccc21. The fraction of sp³-hybridized carbons (Fsp3) is 0.231. The van der Waals surface area contributed by atoms with Crippen molar-refractivity contribution in [3.05, 3.63) is 36.2 Å². The summed E-state index contributed by atoms with van der Waals surface area (Å²) >= 11 is 0. The minimum atomic E-state index is -0.466. The number of carbonyl (C=O) groups excluding carboxylic acids is 1. The molecule has 0 amide bonds. The third kappa shape index (κ3) is 2.07. The van der Waals surface area contributed by atoms with Crippen LogP contribution in [0.1, 0.15) is 13.8 Å². The Bertz CT molecular complexity index is 609. The molecule has 0 fully saturated rings. The van der Waals surface area contributed by atoms with Crippen molar-refractivity contribution in [1.29, 1.82) is 0 Å². The lowest BCUT2D eigenvalue weighted by atomic mass is 10.2. The van der Waals surface area contributed by atoms with Gasteiger partial charge in [0.1, 0.15) is 0 Å². The Labute approximate surface area is 105 Å². The van der Waals surface area contributed by atoms with Gasteiger partial charge in [0, 0.05) is 11.1 Å². The van der Waals surface area contributed by atoms with E-state index in [1.807, 2.05) is 24.3 Å². The maximum atomic E-state index is 11.9. The van der Waals surface area contributed by atoms with Crippen molar-refractivity contribution >= 4 is 22.6 Å². The second kappa shape index (κ2) is 4.91. The minimum absolute atomic E-state index is 0.262. The molecule has 94 valence electrons. The maximum absolute atomic E-state index is 11.9. The first-order valence-corrected chi connectivity index (χ1v) is 5.71. The number of hydrogen-bond acceptors (Lipinski definition) is 4. The standard InChI is InChI=1S/C13H15N3O2/c1-3-18-13(17)12(9(2)14)16-11-7-5-4-6-10(11)8-15-16/h4-8H,3,14H2,1-2H3/b12-9+. The van der Waals surface area contributed by atoms with Crippen LogP contribution in [0.2, 0.25) is 0 Å². The van der Waals surface area contributed by atoms with Crippen LogP contribution in [-0.4, -0.2) is 22.4 Å². The first-order chi connectivity index (χ1) is 8.65.